The van der Waals surface area contributed by atoms with Crippen LogP contribution < -0.4 is 0 Å². The fourth-order valence-electron chi connectivity index (χ4n) is 0.897. The van der Waals surface area contributed by atoms with Crippen molar-refractivity contribution in [2.75, 3.05) is 6.61 Å². The molecule has 7 nitrogen and oxygen atoms in total. The van der Waals surface area contributed by atoms with Crippen molar-refractivity contribution in [2.45, 2.75) is 153 Å². The maximum Gasteiger partial charge on any atom is 0.344 e. The van der Waals surface area contributed by atoms with E-state index in [9.17, 15) is 14.4 Å². The van der Waals surface area contributed by atoms with E-state index in [0.29, 0.717) is 0 Å². The highest BCUT2D eigenvalue weighted by molar-refractivity contribution is 5.83. The van der Waals surface area contributed by atoms with E-state index in [1.165, 1.54) is 6.92 Å². The predicted molar refractivity (Wildman–Crippen MR) is 161 cm³/mol. The summed E-state index contributed by atoms with van der Waals surface area (Å²) in [7, 11) is 0. The molecule has 0 bridgehead atoms. The van der Waals surface area contributed by atoms with Gasteiger partial charge in [-0.15, -0.1) is 0 Å². The molecule has 226 valence electrons. The third kappa shape index (κ3) is 79.7. The van der Waals surface area contributed by atoms with Crippen molar-refractivity contribution in [3.05, 3.63) is 12.7 Å². The standard InChI is InChI=1S/C9H14O4.C6H12O2.C4H10O.9CH4/c1-4-7(3)13-9(11)6-12-8(10)5-2;1-4-5(2)8-6(3)7;1-3-4(2)5;;;;;;;;;/h5,7H,2,4,6H2,1,3H3;5H,4H2,1-3H3;4-5H,3H2,1-2H3;9*1H4. The summed E-state index contributed by atoms with van der Waals surface area (Å²) in [6.07, 6.45) is 3.30. The summed E-state index contributed by atoms with van der Waals surface area (Å²) in [6, 6.07) is 0. The number of hydrogen-bond acceptors (Lipinski definition) is 7. The van der Waals surface area contributed by atoms with Crippen LogP contribution in [0, 0.1) is 0 Å². The Hall–Kier alpha value is -1.89. The van der Waals surface area contributed by atoms with Gasteiger partial charge in [-0.3, -0.25) is 4.79 Å². The molecule has 0 spiro atoms. The Morgan fingerprint density at radius 2 is 1.06 bits per heavy atom. The van der Waals surface area contributed by atoms with Crippen LogP contribution in [0.25, 0.3) is 0 Å². The summed E-state index contributed by atoms with van der Waals surface area (Å²) in [5.41, 5.74) is 0. The number of aliphatic hydroxyl groups is 1. The average molecular weight is 521 g/mol. The van der Waals surface area contributed by atoms with Crippen molar-refractivity contribution in [3.63, 3.8) is 0 Å². The van der Waals surface area contributed by atoms with Gasteiger partial charge in [-0.25, -0.2) is 9.59 Å². The molecule has 3 unspecified atom stereocenters. The van der Waals surface area contributed by atoms with E-state index in [0.717, 1.165) is 25.3 Å². The number of rotatable bonds is 8. The normalized spacial score (nSPS) is 9.37. The third-order valence-corrected chi connectivity index (χ3v) is 2.94. The van der Waals surface area contributed by atoms with Crippen molar-refractivity contribution in [1.29, 1.82) is 0 Å². The van der Waals surface area contributed by atoms with E-state index < -0.39 is 11.9 Å². The van der Waals surface area contributed by atoms with E-state index in [-0.39, 0.29) is 97.7 Å². The van der Waals surface area contributed by atoms with Gasteiger partial charge in [0, 0.05) is 13.0 Å². The third-order valence-electron chi connectivity index (χ3n) is 2.94. The molecule has 0 amide bonds. The lowest BCUT2D eigenvalue weighted by Gasteiger charge is -2.09. The van der Waals surface area contributed by atoms with E-state index >= 15 is 0 Å². The lowest BCUT2D eigenvalue weighted by atomic mass is 10.3. The smallest absolute Gasteiger partial charge is 0.344 e. The summed E-state index contributed by atoms with van der Waals surface area (Å²) in [5, 5.41) is 8.36. The summed E-state index contributed by atoms with van der Waals surface area (Å²) < 4.78 is 14.1. The largest absolute Gasteiger partial charge is 0.463 e. The zero-order chi connectivity index (χ0) is 21.1. The number of hydrogen-bond donors (Lipinski definition) is 1. The molecule has 0 aromatic rings. The van der Waals surface area contributed by atoms with Crippen molar-refractivity contribution in [3.8, 4) is 0 Å². The van der Waals surface area contributed by atoms with Crippen LogP contribution in [0.4, 0.5) is 0 Å². The Morgan fingerprint density at radius 3 is 1.26 bits per heavy atom. The molecule has 0 aromatic heterocycles. The zero-order valence-electron chi connectivity index (χ0n) is 17.2. The second-order valence-electron chi connectivity index (χ2n) is 5.61. The van der Waals surface area contributed by atoms with Gasteiger partial charge in [0.05, 0.1) is 18.3 Å². The van der Waals surface area contributed by atoms with E-state index in [1.54, 1.807) is 13.8 Å². The zero-order valence-corrected chi connectivity index (χ0v) is 17.2. The van der Waals surface area contributed by atoms with Crippen LogP contribution in [0.15, 0.2) is 12.7 Å². The molecule has 0 saturated carbocycles. The fourth-order valence-corrected chi connectivity index (χ4v) is 0.897. The van der Waals surface area contributed by atoms with Crippen LogP contribution >= 0.6 is 0 Å². The number of aliphatic hydroxyl groups excluding tert-OH is 1. The van der Waals surface area contributed by atoms with Crippen LogP contribution in [0.2, 0.25) is 0 Å². The van der Waals surface area contributed by atoms with Gasteiger partial charge in [0.25, 0.3) is 0 Å². The summed E-state index contributed by atoms with van der Waals surface area (Å²) in [5.74, 6) is -1.36. The highest BCUT2D eigenvalue weighted by atomic mass is 16.6. The Labute approximate surface area is 224 Å². The minimum absolute atomic E-state index is 0. The molecule has 0 heterocycles. The Kier molecular flexibility index (Phi) is 117. The first-order chi connectivity index (χ1) is 12.0. The molecule has 0 aliphatic heterocycles. The van der Waals surface area contributed by atoms with Crippen molar-refractivity contribution in [1.82, 2.24) is 0 Å². The fraction of sp³-hybridized carbons (Fsp3) is 0.821. The molecular weight excluding hydrogens is 448 g/mol. The monoisotopic (exact) mass is 521 g/mol. The predicted octanol–water partition coefficient (Wildman–Crippen LogP) is 8.91. The molecule has 0 rings (SSSR count). The topological polar surface area (TPSA) is 99.1 Å². The van der Waals surface area contributed by atoms with E-state index in [1.807, 2.05) is 27.7 Å². The molecule has 0 saturated heterocycles. The first-order valence-electron chi connectivity index (χ1n) is 8.87. The summed E-state index contributed by atoms with van der Waals surface area (Å²) in [6.45, 7) is 15.5. The van der Waals surface area contributed by atoms with Crippen molar-refractivity contribution >= 4 is 17.9 Å². The Bertz CT molecular complexity index is 395. The maximum absolute atomic E-state index is 10.9. The van der Waals surface area contributed by atoms with Gasteiger partial charge in [-0.1, -0.05) is 94.2 Å². The van der Waals surface area contributed by atoms with Crippen LogP contribution in [0.1, 0.15) is 135 Å². The van der Waals surface area contributed by atoms with Gasteiger partial charge < -0.3 is 19.3 Å². The molecular formula is C28H72O7. The highest BCUT2D eigenvalue weighted by Crippen LogP contribution is 1.96. The molecule has 1 N–H and O–H groups in total. The van der Waals surface area contributed by atoms with Gasteiger partial charge in [0.2, 0.25) is 0 Å². The second kappa shape index (κ2) is 53.5. The molecule has 0 fully saturated rings. The highest BCUT2D eigenvalue weighted by Gasteiger charge is 2.09. The molecule has 0 aliphatic carbocycles. The summed E-state index contributed by atoms with van der Waals surface area (Å²) in [4.78, 5) is 31.6. The molecule has 3 atom stereocenters. The number of esters is 3. The first-order valence-corrected chi connectivity index (χ1v) is 8.87. The molecule has 0 aliphatic rings. The Morgan fingerprint density at radius 1 is 0.743 bits per heavy atom. The molecule has 0 aromatic carbocycles. The van der Waals surface area contributed by atoms with Crippen LogP contribution in [0.3, 0.4) is 0 Å². The van der Waals surface area contributed by atoms with Crippen molar-refractivity contribution < 1.29 is 33.7 Å². The van der Waals surface area contributed by atoms with Gasteiger partial charge >= 0.3 is 17.9 Å². The minimum Gasteiger partial charge on any atom is -0.463 e. The van der Waals surface area contributed by atoms with Crippen LogP contribution in [-0.4, -0.2) is 47.9 Å². The minimum atomic E-state index is -0.624. The van der Waals surface area contributed by atoms with Gasteiger partial charge in [0.1, 0.15) is 0 Å². The quantitative estimate of drug-likeness (QED) is 0.194. The second-order valence-corrected chi connectivity index (χ2v) is 5.61. The lowest BCUT2D eigenvalue weighted by molar-refractivity contribution is -0.159. The number of ether oxygens (including phenoxy) is 3. The number of carbonyl (C=O) groups is 3. The maximum atomic E-state index is 10.9. The van der Waals surface area contributed by atoms with Crippen LogP contribution in [-0.2, 0) is 28.6 Å². The number of carbonyl (C=O) groups excluding carboxylic acids is 3. The van der Waals surface area contributed by atoms with Gasteiger partial charge in [0.15, 0.2) is 6.61 Å². The SMILES string of the molecule is C.C.C.C.C.C.C.C.C.C=CC(=O)OCC(=O)OC(C)CC.CCC(C)O.CCC(C)OC(C)=O. The molecule has 7 heteroatoms. The van der Waals surface area contributed by atoms with Gasteiger partial charge in [-0.2, -0.15) is 0 Å². The van der Waals surface area contributed by atoms with E-state index in [4.69, 9.17) is 14.6 Å². The first kappa shape index (κ1) is 76.6. The Balaban J connectivity index is -0.0000000216. The average Bonchev–Trinajstić information content (AvgIpc) is 2.59. The molecule has 35 heavy (non-hydrogen) atoms. The van der Waals surface area contributed by atoms with Crippen LogP contribution in [0.5, 0.6) is 0 Å². The van der Waals surface area contributed by atoms with Gasteiger partial charge in [-0.05, 0) is 40.0 Å². The summed E-state index contributed by atoms with van der Waals surface area (Å²) >= 11 is 0. The lowest BCUT2D eigenvalue weighted by Crippen LogP contribution is -2.20. The molecule has 0 radical (unpaired) electrons. The van der Waals surface area contributed by atoms with E-state index in [2.05, 4.69) is 11.3 Å². The van der Waals surface area contributed by atoms with Crippen molar-refractivity contribution in [2.24, 2.45) is 0 Å².